The maximum absolute atomic E-state index is 12.7. The second kappa shape index (κ2) is 10.3. The van der Waals surface area contributed by atoms with E-state index in [1.807, 2.05) is 55.5 Å². The van der Waals surface area contributed by atoms with Crippen molar-refractivity contribution < 1.29 is 32.5 Å². The summed E-state index contributed by atoms with van der Waals surface area (Å²) in [5.41, 5.74) is 0.855. The highest BCUT2D eigenvalue weighted by molar-refractivity contribution is 7.99. The Balaban J connectivity index is 1.47. The van der Waals surface area contributed by atoms with Crippen LogP contribution in [-0.2, 0) is 17.6 Å². The van der Waals surface area contributed by atoms with Gasteiger partial charge in [-0.1, -0.05) is 48.2 Å². The molecule has 4 aromatic rings. The molecule has 0 amide bonds. The van der Waals surface area contributed by atoms with Crippen molar-refractivity contribution in [2.24, 2.45) is 0 Å². The number of benzene rings is 4. The largest absolute Gasteiger partial charge is 0.489 e. The van der Waals surface area contributed by atoms with Gasteiger partial charge in [0, 0.05) is 15.2 Å². The summed E-state index contributed by atoms with van der Waals surface area (Å²) in [4.78, 5) is 12.8. The van der Waals surface area contributed by atoms with Crippen LogP contribution in [0.2, 0.25) is 0 Å². The molecule has 4 rings (SSSR count). The van der Waals surface area contributed by atoms with Gasteiger partial charge in [0.25, 0.3) is 0 Å². The molecule has 0 aliphatic rings. The van der Waals surface area contributed by atoms with E-state index in [2.05, 4.69) is 0 Å². The molecule has 0 spiro atoms. The lowest BCUT2D eigenvalue weighted by Crippen LogP contribution is -2.09. The zero-order chi connectivity index (χ0) is 25.0. The number of carbonyl (C=O) groups is 1. The standard InChI is InChI=1S/C27H21F3O4S/c1-17-14-20(10-11-23(17)33-15-18-6-8-19(9-7-18)27(28,29)30)35-25-13-12-24(34-16-26(31)32)21-4-2-3-5-22(21)25/h2-14H,15-16H2,1H3,(H,31,32). The summed E-state index contributed by atoms with van der Waals surface area (Å²) in [6.45, 7) is 1.66. The van der Waals surface area contributed by atoms with Crippen LogP contribution in [0, 0.1) is 6.92 Å². The number of rotatable bonds is 8. The number of aryl methyl sites for hydroxylation is 1. The molecule has 0 heterocycles. The third-order valence-electron chi connectivity index (χ3n) is 5.25. The Kier molecular flexibility index (Phi) is 7.21. The average Bonchev–Trinajstić information content (AvgIpc) is 2.82. The van der Waals surface area contributed by atoms with Crippen molar-refractivity contribution in [3.05, 3.63) is 95.6 Å². The minimum Gasteiger partial charge on any atom is -0.489 e. The Hall–Kier alpha value is -3.65. The maximum Gasteiger partial charge on any atom is 0.416 e. The van der Waals surface area contributed by atoms with Gasteiger partial charge in [-0.05, 0) is 65.9 Å². The molecule has 0 atom stereocenters. The van der Waals surface area contributed by atoms with Gasteiger partial charge in [0.05, 0.1) is 5.56 Å². The molecule has 8 heteroatoms. The number of fused-ring (bicyclic) bond motifs is 1. The van der Waals surface area contributed by atoms with Crippen LogP contribution in [0.4, 0.5) is 13.2 Å². The van der Waals surface area contributed by atoms with Crippen molar-refractivity contribution in [1.82, 2.24) is 0 Å². The first-order valence-corrected chi connectivity index (χ1v) is 11.5. The quantitative estimate of drug-likeness (QED) is 0.275. The number of carboxylic acids is 1. The van der Waals surface area contributed by atoms with E-state index >= 15 is 0 Å². The van der Waals surface area contributed by atoms with Crippen LogP contribution >= 0.6 is 11.8 Å². The molecule has 0 unspecified atom stereocenters. The van der Waals surface area contributed by atoms with Crippen LogP contribution < -0.4 is 9.47 Å². The first kappa shape index (κ1) is 24.5. The molecule has 180 valence electrons. The van der Waals surface area contributed by atoms with E-state index in [0.717, 1.165) is 38.3 Å². The molecule has 0 fully saturated rings. The van der Waals surface area contributed by atoms with E-state index in [0.29, 0.717) is 17.1 Å². The zero-order valence-corrected chi connectivity index (χ0v) is 19.5. The second-order valence-electron chi connectivity index (χ2n) is 7.80. The fourth-order valence-electron chi connectivity index (χ4n) is 3.52. The van der Waals surface area contributed by atoms with E-state index in [9.17, 15) is 18.0 Å². The highest BCUT2D eigenvalue weighted by Crippen LogP contribution is 2.38. The summed E-state index contributed by atoms with van der Waals surface area (Å²) in [6.07, 6.45) is -4.36. The minimum atomic E-state index is -4.36. The fraction of sp³-hybridized carbons (Fsp3) is 0.148. The van der Waals surface area contributed by atoms with Gasteiger partial charge in [-0.2, -0.15) is 13.2 Å². The molecule has 1 N–H and O–H groups in total. The summed E-state index contributed by atoms with van der Waals surface area (Å²) in [7, 11) is 0. The van der Waals surface area contributed by atoms with Crippen LogP contribution in [0.1, 0.15) is 16.7 Å². The molecule has 4 nitrogen and oxygen atoms in total. The molecule has 35 heavy (non-hydrogen) atoms. The van der Waals surface area contributed by atoms with Crippen molar-refractivity contribution >= 4 is 28.5 Å². The van der Waals surface area contributed by atoms with Gasteiger partial charge in [0.1, 0.15) is 18.1 Å². The lowest BCUT2D eigenvalue weighted by Gasteiger charge is -2.13. The van der Waals surface area contributed by atoms with E-state index in [4.69, 9.17) is 14.6 Å². The molecular formula is C27H21F3O4S. The van der Waals surface area contributed by atoms with Crippen LogP contribution in [0.5, 0.6) is 11.5 Å². The lowest BCUT2D eigenvalue weighted by atomic mass is 10.1. The van der Waals surface area contributed by atoms with Crippen LogP contribution in [0.25, 0.3) is 10.8 Å². The van der Waals surface area contributed by atoms with Crippen LogP contribution in [0.15, 0.2) is 88.7 Å². The first-order chi connectivity index (χ1) is 16.7. The number of halogens is 3. The van der Waals surface area contributed by atoms with Crippen LogP contribution in [-0.4, -0.2) is 17.7 Å². The van der Waals surface area contributed by atoms with Crippen molar-refractivity contribution in [3.8, 4) is 11.5 Å². The van der Waals surface area contributed by atoms with E-state index in [-0.39, 0.29) is 6.61 Å². The van der Waals surface area contributed by atoms with Gasteiger partial charge in [0.15, 0.2) is 6.61 Å². The highest BCUT2D eigenvalue weighted by atomic mass is 32.2. The lowest BCUT2D eigenvalue weighted by molar-refractivity contribution is -0.139. The summed E-state index contributed by atoms with van der Waals surface area (Å²) >= 11 is 1.56. The normalized spacial score (nSPS) is 11.4. The zero-order valence-electron chi connectivity index (χ0n) is 18.6. The molecule has 0 saturated carbocycles. The Morgan fingerprint density at radius 3 is 2.23 bits per heavy atom. The third kappa shape index (κ3) is 6.08. The van der Waals surface area contributed by atoms with Crippen LogP contribution in [0.3, 0.4) is 0 Å². The predicted molar refractivity (Wildman–Crippen MR) is 128 cm³/mol. The predicted octanol–water partition coefficient (Wildman–Crippen LogP) is 7.36. The van der Waals surface area contributed by atoms with E-state index in [1.54, 1.807) is 17.8 Å². The molecule has 4 aromatic carbocycles. The Bertz CT molecular complexity index is 1350. The number of hydrogen-bond donors (Lipinski definition) is 1. The van der Waals surface area contributed by atoms with Crippen molar-refractivity contribution in [1.29, 1.82) is 0 Å². The van der Waals surface area contributed by atoms with Gasteiger partial charge in [-0.15, -0.1) is 0 Å². The minimum absolute atomic E-state index is 0.161. The number of aliphatic carboxylic acids is 1. The molecule has 0 saturated heterocycles. The smallest absolute Gasteiger partial charge is 0.416 e. The molecular weight excluding hydrogens is 477 g/mol. The monoisotopic (exact) mass is 498 g/mol. The SMILES string of the molecule is Cc1cc(Sc2ccc(OCC(=O)O)c3ccccc23)ccc1OCc1ccc(C(F)(F)F)cc1. The van der Waals surface area contributed by atoms with Gasteiger partial charge in [0.2, 0.25) is 0 Å². The summed E-state index contributed by atoms with van der Waals surface area (Å²) in [6, 6.07) is 22.0. The number of ether oxygens (including phenoxy) is 2. The van der Waals surface area contributed by atoms with Crippen molar-refractivity contribution in [2.45, 2.75) is 29.5 Å². The molecule has 0 aromatic heterocycles. The highest BCUT2D eigenvalue weighted by Gasteiger charge is 2.29. The average molecular weight is 499 g/mol. The molecule has 0 aliphatic carbocycles. The first-order valence-electron chi connectivity index (χ1n) is 10.6. The van der Waals surface area contributed by atoms with Gasteiger partial charge in [-0.3, -0.25) is 0 Å². The van der Waals surface area contributed by atoms with Crippen molar-refractivity contribution in [2.75, 3.05) is 6.61 Å². The maximum atomic E-state index is 12.7. The third-order valence-corrected chi connectivity index (χ3v) is 6.31. The fourth-order valence-corrected chi connectivity index (χ4v) is 4.57. The second-order valence-corrected chi connectivity index (χ2v) is 8.92. The van der Waals surface area contributed by atoms with Gasteiger partial charge < -0.3 is 14.6 Å². The summed E-state index contributed by atoms with van der Waals surface area (Å²) in [5, 5.41) is 10.7. The van der Waals surface area contributed by atoms with E-state index < -0.39 is 24.3 Å². The number of alkyl halides is 3. The molecule has 0 bridgehead atoms. The Labute approximate surface area is 204 Å². The summed E-state index contributed by atoms with van der Waals surface area (Å²) in [5.74, 6) is 0.121. The topological polar surface area (TPSA) is 55.8 Å². The Morgan fingerprint density at radius 1 is 0.886 bits per heavy atom. The van der Waals surface area contributed by atoms with E-state index in [1.165, 1.54) is 12.1 Å². The Morgan fingerprint density at radius 2 is 1.57 bits per heavy atom. The molecule has 0 aliphatic heterocycles. The van der Waals surface area contributed by atoms with Gasteiger partial charge >= 0.3 is 12.1 Å². The van der Waals surface area contributed by atoms with Gasteiger partial charge in [-0.25, -0.2) is 4.79 Å². The molecule has 0 radical (unpaired) electrons. The number of hydrogen-bond acceptors (Lipinski definition) is 4. The number of carboxylic acid groups (broad SMARTS) is 1. The van der Waals surface area contributed by atoms with Crippen molar-refractivity contribution in [3.63, 3.8) is 0 Å². The summed E-state index contributed by atoms with van der Waals surface area (Å²) < 4.78 is 49.4.